The number of hydrogen-bond acceptors (Lipinski definition) is 3. The molecule has 3 rings (SSSR count). The van der Waals surface area contributed by atoms with Crippen molar-refractivity contribution < 1.29 is 9.53 Å². The number of nitrogens with zero attached hydrogens (tertiary/aromatic N) is 1. The second-order valence-corrected chi connectivity index (χ2v) is 5.28. The molecule has 4 heteroatoms. The van der Waals surface area contributed by atoms with Crippen LogP contribution in [-0.2, 0) is 4.74 Å². The largest absolute Gasteiger partial charge is 0.462 e. The molecule has 0 unspecified atom stereocenters. The minimum absolute atomic E-state index is 0.295. The number of ether oxygens (including phenoxy) is 1. The van der Waals surface area contributed by atoms with Crippen molar-refractivity contribution in [2.24, 2.45) is 0 Å². The van der Waals surface area contributed by atoms with Gasteiger partial charge in [0.05, 0.1) is 23.2 Å². The van der Waals surface area contributed by atoms with Gasteiger partial charge in [-0.3, -0.25) is 4.98 Å². The number of aromatic amines is 1. The fourth-order valence-electron chi connectivity index (χ4n) is 2.66. The highest BCUT2D eigenvalue weighted by molar-refractivity contribution is 6.06. The van der Waals surface area contributed by atoms with Crippen LogP contribution in [0.5, 0.6) is 0 Å². The summed E-state index contributed by atoms with van der Waals surface area (Å²) < 4.78 is 5.09. The van der Waals surface area contributed by atoms with Gasteiger partial charge in [0.15, 0.2) is 0 Å². The number of esters is 1. The van der Waals surface area contributed by atoms with Crippen LogP contribution in [-0.4, -0.2) is 22.5 Å². The third kappa shape index (κ3) is 2.07. The first kappa shape index (κ1) is 13.6. The zero-order valence-corrected chi connectivity index (χ0v) is 12.7. The fraction of sp³-hybridized carbons (Fsp3) is 0.294. The van der Waals surface area contributed by atoms with E-state index in [9.17, 15) is 4.79 Å². The van der Waals surface area contributed by atoms with Crippen molar-refractivity contribution in [1.29, 1.82) is 0 Å². The molecular formula is C17H18N2O2. The average molecular weight is 282 g/mol. The maximum atomic E-state index is 12.0. The molecule has 108 valence electrons. The number of pyridine rings is 1. The highest BCUT2D eigenvalue weighted by atomic mass is 16.5. The van der Waals surface area contributed by atoms with Gasteiger partial charge in [0, 0.05) is 22.2 Å². The number of H-pyrrole nitrogens is 1. The van der Waals surface area contributed by atoms with Crippen LogP contribution in [0.2, 0.25) is 0 Å². The van der Waals surface area contributed by atoms with E-state index in [2.05, 4.69) is 23.0 Å². The molecule has 0 radical (unpaired) electrons. The molecule has 2 heterocycles. The third-order valence-electron chi connectivity index (χ3n) is 3.95. The highest BCUT2D eigenvalue weighted by Gasteiger charge is 2.15. The standard InChI is InChI=1S/C17H18N2O2/c1-5-21-17(20)14-8-12-6-7-13-9(2)10(3)18-16(13)15(12)19-11(14)4/h6-8,19H,5H2,1-4H3. The zero-order valence-electron chi connectivity index (χ0n) is 12.7. The summed E-state index contributed by atoms with van der Waals surface area (Å²) in [5, 5.41) is 2.12. The second kappa shape index (κ2) is 4.88. The number of benzene rings is 1. The summed E-state index contributed by atoms with van der Waals surface area (Å²) in [6, 6.07) is 5.95. The maximum Gasteiger partial charge on any atom is 0.339 e. The topological polar surface area (TPSA) is 55.0 Å². The Kier molecular flexibility index (Phi) is 3.16. The van der Waals surface area contributed by atoms with Crippen LogP contribution in [0, 0.1) is 20.8 Å². The van der Waals surface area contributed by atoms with E-state index in [0.717, 1.165) is 33.2 Å². The maximum absolute atomic E-state index is 12.0. The summed E-state index contributed by atoms with van der Waals surface area (Å²) in [6.07, 6.45) is 0. The van der Waals surface area contributed by atoms with Gasteiger partial charge in [-0.1, -0.05) is 12.1 Å². The predicted octanol–water partition coefficient (Wildman–Crippen LogP) is 3.82. The lowest BCUT2D eigenvalue weighted by atomic mass is 10.1. The van der Waals surface area contributed by atoms with Crippen molar-refractivity contribution in [3.63, 3.8) is 0 Å². The lowest BCUT2D eigenvalue weighted by molar-refractivity contribution is 0.0525. The van der Waals surface area contributed by atoms with Gasteiger partial charge in [-0.25, -0.2) is 4.79 Å². The van der Waals surface area contributed by atoms with Crippen molar-refractivity contribution >= 4 is 27.8 Å². The minimum atomic E-state index is -0.295. The summed E-state index contributed by atoms with van der Waals surface area (Å²) in [5.41, 5.74) is 5.54. The molecule has 0 bridgehead atoms. The monoisotopic (exact) mass is 282 g/mol. The number of aromatic nitrogens is 2. The molecule has 3 aromatic rings. The normalized spacial score (nSPS) is 11.2. The molecular weight excluding hydrogens is 264 g/mol. The molecule has 0 saturated carbocycles. The zero-order chi connectivity index (χ0) is 15.1. The summed E-state index contributed by atoms with van der Waals surface area (Å²) in [7, 11) is 0. The van der Waals surface area contributed by atoms with E-state index in [4.69, 9.17) is 4.74 Å². The van der Waals surface area contributed by atoms with Gasteiger partial charge in [-0.05, 0) is 39.3 Å². The van der Waals surface area contributed by atoms with E-state index in [-0.39, 0.29) is 5.97 Å². The Morgan fingerprint density at radius 3 is 2.76 bits per heavy atom. The highest BCUT2D eigenvalue weighted by Crippen LogP contribution is 2.28. The first-order chi connectivity index (χ1) is 10.0. The van der Waals surface area contributed by atoms with Crippen molar-refractivity contribution in [2.75, 3.05) is 6.61 Å². The van der Waals surface area contributed by atoms with E-state index in [0.29, 0.717) is 12.2 Å². The fourth-order valence-corrected chi connectivity index (χ4v) is 2.66. The lowest BCUT2D eigenvalue weighted by Crippen LogP contribution is -2.08. The number of carbonyl (C=O) groups excluding carboxylic acids is 1. The number of hydrogen-bond donors (Lipinski definition) is 1. The number of aryl methyl sites for hydroxylation is 3. The number of nitrogens with one attached hydrogen (secondary N) is 1. The van der Waals surface area contributed by atoms with Crippen LogP contribution >= 0.6 is 0 Å². The van der Waals surface area contributed by atoms with Crippen molar-refractivity contribution in [2.45, 2.75) is 27.7 Å². The quantitative estimate of drug-likeness (QED) is 0.727. The first-order valence-corrected chi connectivity index (χ1v) is 7.09. The summed E-state index contributed by atoms with van der Waals surface area (Å²) >= 11 is 0. The summed E-state index contributed by atoms with van der Waals surface area (Å²) in [6.45, 7) is 8.16. The van der Waals surface area contributed by atoms with Gasteiger partial charge in [0.2, 0.25) is 0 Å². The Morgan fingerprint density at radius 1 is 1.29 bits per heavy atom. The SMILES string of the molecule is CCOC(=O)c1cc2ccc3c(C)c(C)nc3c2[nH]c1C. The number of carbonyl (C=O) groups is 1. The van der Waals surface area contributed by atoms with Gasteiger partial charge >= 0.3 is 5.97 Å². The van der Waals surface area contributed by atoms with Crippen LogP contribution in [0.15, 0.2) is 18.2 Å². The molecule has 0 aliphatic rings. The van der Waals surface area contributed by atoms with E-state index < -0.39 is 0 Å². The van der Waals surface area contributed by atoms with Crippen LogP contribution in [0.1, 0.15) is 34.2 Å². The van der Waals surface area contributed by atoms with Gasteiger partial charge in [0.1, 0.15) is 0 Å². The van der Waals surface area contributed by atoms with E-state index in [1.165, 1.54) is 5.56 Å². The Hall–Kier alpha value is -2.36. The molecule has 21 heavy (non-hydrogen) atoms. The molecule has 0 amide bonds. The van der Waals surface area contributed by atoms with Gasteiger partial charge in [0.25, 0.3) is 0 Å². The van der Waals surface area contributed by atoms with Gasteiger partial charge < -0.3 is 9.72 Å². The van der Waals surface area contributed by atoms with Gasteiger partial charge in [-0.15, -0.1) is 0 Å². The molecule has 0 aliphatic heterocycles. The molecule has 0 atom stereocenters. The van der Waals surface area contributed by atoms with Crippen molar-refractivity contribution in [3.05, 3.63) is 40.7 Å². The Morgan fingerprint density at radius 2 is 2.05 bits per heavy atom. The minimum Gasteiger partial charge on any atom is -0.462 e. The lowest BCUT2D eigenvalue weighted by Gasteiger charge is -2.09. The van der Waals surface area contributed by atoms with Crippen molar-refractivity contribution in [1.82, 2.24) is 9.97 Å². The smallest absolute Gasteiger partial charge is 0.339 e. The first-order valence-electron chi connectivity index (χ1n) is 7.09. The molecule has 0 spiro atoms. The molecule has 0 saturated heterocycles. The molecule has 0 fully saturated rings. The second-order valence-electron chi connectivity index (χ2n) is 5.28. The molecule has 2 aromatic heterocycles. The van der Waals surface area contributed by atoms with Crippen LogP contribution in [0.4, 0.5) is 0 Å². The average Bonchev–Trinajstić information content (AvgIpc) is 2.74. The number of rotatable bonds is 2. The summed E-state index contributed by atoms with van der Waals surface area (Å²) in [5.74, 6) is -0.295. The van der Waals surface area contributed by atoms with E-state index in [1.807, 2.05) is 26.0 Å². The summed E-state index contributed by atoms with van der Waals surface area (Å²) in [4.78, 5) is 19.9. The molecule has 1 aromatic carbocycles. The Bertz CT molecular complexity index is 862. The van der Waals surface area contributed by atoms with Gasteiger partial charge in [-0.2, -0.15) is 0 Å². The molecule has 4 nitrogen and oxygen atoms in total. The van der Waals surface area contributed by atoms with Crippen LogP contribution < -0.4 is 0 Å². The van der Waals surface area contributed by atoms with Crippen LogP contribution in [0.25, 0.3) is 21.8 Å². The molecule has 0 aliphatic carbocycles. The van der Waals surface area contributed by atoms with Crippen LogP contribution in [0.3, 0.4) is 0 Å². The number of fused-ring (bicyclic) bond motifs is 3. The van der Waals surface area contributed by atoms with E-state index >= 15 is 0 Å². The predicted molar refractivity (Wildman–Crippen MR) is 83.8 cm³/mol. The Balaban J connectivity index is 2.29. The van der Waals surface area contributed by atoms with E-state index in [1.54, 1.807) is 6.92 Å². The molecule has 1 N–H and O–H groups in total. The Labute approximate surface area is 123 Å². The van der Waals surface area contributed by atoms with Crippen molar-refractivity contribution in [3.8, 4) is 0 Å². The third-order valence-corrected chi connectivity index (χ3v) is 3.95.